The summed E-state index contributed by atoms with van der Waals surface area (Å²) in [7, 11) is 0. The van der Waals surface area contributed by atoms with E-state index >= 15 is 0 Å². The number of nitrogens with zero attached hydrogens (tertiary/aromatic N) is 1. The standard InChI is InChI=1S/C16H25N3O2/c17-11-13-5-1-2-7-15(13)18-16(21)8-10-19-9-4-3-6-14(19)12-20/h1-2,5,7,14,20H,3-4,6,8-12,17H2,(H,18,21). The molecule has 1 aliphatic heterocycles. The van der Waals surface area contributed by atoms with Crippen molar-refractivity contribution in [2.24, 2.45) is 5.73 Å². The van der Waals surface area contributed by atoms with Crippen LogP contribution < -0.4 is 11.1 Å². The second-order valence-corrected chi connectivity index (χ2v) is 5.53. The number of aliphatic hydroxyl groups excluding tert-OH is 1. The average molecular weight is 291 g/mol. The summed E-state index contributed by atoms with van der Waals surface area (Å²) in [6, 6.07) is 7.81. The molecule has 2 rings (SSSR count). The molecule has 0 aliphatic carbocycles. The number of rotatable bonds is 6. The Morgan fingerprint density at radius 1 is 1.38 bits per heavy atom. The fourth-order valence-corrected chi connectivity index (χ4v) is 2.84. The van der Waals surface area contributed by atoms with Gasteiger partial charge in [0.15, 0.2) is 0 Å². The van der Waals surface area contributed by atoms with Crippen molar-refractivity contribution in [2.45, 2.75) is 38.3 Å². The third-order valence-electron chi connectivity index (χ3n) is 4.10. The van der Waals surface area contributed by atoms with E-state index in [2.05, 4.69) is 10.2 Å². The number of hydrogen-bond donors (Lipinski definition) is 3. The highest BCUT2D eigenvalue weighted by Gasteiger charge is 2.21. The Balaban J connectivity index is 1.84. The van der Waals surface area contributed by atoms with Crippen LogP contribution in [0.1, 0.15) is 31.2 Å². The van der Waals surface area contributed by atoms with Gasteiger partial charge in [0.25, 0.3) is 0 Å². The highest BCUT2D eigenvalue weighted by atomic mass is 16.3. The summed E-state index contributed by atoms with van der Waals surface area (Å²) in [6.45, 7) is 2.26. The zero-order valence-electron chi connectivity index (χ0n) is 12.4. The van der Waals surface area contributed by atoms with Gasteiger partial charge in [-0.05, 0) is 31.0 Å². The molecule has 116 valence electrons. The van der Waals surface area contributed by atoms with E-state index < -0.39 is 0 Å². The molecular formula is C16H25N3O2. The number of anilines is 1. The molecule has 1 aromatic carbocycles. The summed E-state index contributed by atoms with van der Waals surface area (Å²) < 4.78 is 0. The highest BCUT2D eigenvalue weighted by Crippen LogP contribution is 2.17. The van der Waals surface area contributed by atoms with Crippen molar-refractivity contribution >= 4 is 11.6 Å². The first kappa shape index (κ1) is 15.9. The second-order valence-electron chi connectivity index (χ2n) is 5.53. The van der Waals surface area contributed by atoms with Crippen molar-refractivity contribution < 1.29 is 9.90 Å². The number of carbonyl (C=O) groups excluding carboxylic acids is 1. The fraction of sp³-hybridized carbons (Fsp3) is 0.562. The predicted molar refractivity (Wildman–Crippen MR) is 83.9 cm³/mol. The van der Waals surface area contributed by atoms with E-state index in [1.807, 2.05) is 24.3 Å². The molecule has 1 saturated heterocycles. The Morgan fingerprint density at radius 3 is 2.95 bits per heavy atom. The molecule has 5 nitrogen and oxygen atoms in total. The molecule has 0 radical (unpaired) electrons. The SMILES string of the molecule is NCc1ccccc1NC(=O)CCN1CCCCC1CO. The van der Waals surface area contributed by atoms with Gasteiger partial charge in [-0.25, -0.2) is 0 Å². The number of carbonyl (C=O) groups is 1. The van der Waals surface area contributed by atoms with Gasteiger partial charge in [-0.2, -0.15) is 0 Å². The first-order valence-electron chi connectivity index (χ1n) is 7.67. The van der Waals surface area contributed by atoms with E-state index in [0.29, 0.717) is 19.5 Å². The minimum Gasteiger partial charge on any atom is -0.395 e. The zero-order chi connectivity index (χ0) is 15.1. The van der Waals surface area contributed by atoms with E-state index in [9.17, 15) is 9.90 Å². The molecule has 21 heavy (non-hydrogen) atoms. The van der Waals surface area contributed by atoms with E-state index in [0.717, 1.165) is 37.1 Å². The van der Waals surface area contributed by atoms with E-state index in [4.69, 9.17) is 5.73 Å². The van der Waals surface area contributed by atoms with Crippen LogP contribution in [0.25, 0.3) is 0 Å². The maximum Gasteiger partial charge on any atom is 0.225 e. The van der Waals surface area contributed by atoms with Crippen molar-refractivity contribution in [1.82, 2.24) is 4.90 Å². The molecule has 0 spiro atoms. The highest BCUT2D eigenvalue weighted by molar-refractivity contribution is 5.91. The van der Waals surface area contributed by atoms with E-state index in [1.54, 1.807) is 0 Å². The number of aliphatic hydroxyl groups is 1. The van der Waals surface area contributed by atoms with Gasteiger partial charge < -0.3 is 16.2 Å². The Morgan fingerprint density at radius 2 is 2.19 bits per heavy atom. The van der Waals surface area contributed by atoms with Crippen molar-refractivity contribution in [1.29, 1.82) is 0 Å². The van der Waals surface area contributed by atoms with Gasteiger partial charge in [0.2, 0.25) is 5.91 Å². The topological polar surface area (TPSA) is 78.6 Å². The monoisotopic (exact) mass is 291 g/mol. The van der Waals surface area contributed by atoms with Gasteiger partial charge in [-0.1, -0.05) is 24.6 Å². The number of hydrogen-bond acceptors (Lipinski definition) is 4. The van der Waals surface area contributed by atoms with Crippen LogP contribution in [-0.2, 0) is 11.3 Å². The second kappa shape index (κ2) is 8.12. The van der Waals surface area contributed by atoms with Crippen LogP contribution >= 0.6 is 0 Å². The lowest BCUT2D eigenvalue weighted by atomic mass is 10.0. The smallest absolute Gasteiger partial charge is 0.225 e. The first-order valence-corrected chi connectivity index (χ1v) is 7.67. The molecule has 1 fully saturated rings. The van der Waals surface area contributed by atoms with Crippen LogP contribution in [-0.4, -0.2) is 41.7 Å². The van der Waals surface area contributed by atoms with Gasteiger partial charge in [0.1, 0.15) is 0 Å². The lowest BCUT2D eigenvalue weighted by Crippen LogP contribution is -2.43. The zero-order valence-corrected chi connectivity index (χ0v) is 12.4. The van der Waals surface area contributed by atoms with Crippen LogP contribution in [0.15, 0.2) is 24.3 Å². The number of piperidine rings is 1. The average Bonchev–Trinajstić information content (AvgIpc) is 2.53. The van der Waals surface area contributed by atoms with Crippen molar-refractivity contribution in [3.05, 3.63) is 29.8 Å². The Labute approximate surface area is 126 Å². The first-order chi connectivity index (χ1) is 10.2. The normalized spacial score (nSPS) is 19.4. The molecule has 0 bridgehead atoms. The largest absolute Gasteiger partial charge is 0.395 e. The third kappa shape index (κ3) is 4.52. The molecule has 1 atom stereocenters. The fourth-order valence-electron chi connectivity index (χ4n) is 2.84. The summed E-state index contributed by atoms with van der Waals surface area (Å²) in [5, 5.41) is 12.3. The molecule has 1 amide bonds. The summed E-state index contributed by atoms with van der Waals surface area (Å²) in [5.74, 6) is -0.00170. The van der Waals surface area contributed by atoms with Crippen molar-refractivity contribution in [3.63, 3.8) is 0 Å². The van der Waals surface area contributed by atoms with Crippen LogP contribution in [0.2, 0.25) is 0 Å². The quantitative estimate of drug-likeness (QED) is 0.738. The molecule has 1 aliphatic rings. The van der Waals surface area contributed by atoms with Crippen molar-refractivity contribution in [3.8, 4) is 0 Å². The predicted octanol–water partition coefficient (Wildman–Crippen LogP) is 1.32. The Kier molecular flexibility index (Phi) is 6.17. The summed E-state index contributed by atoms with van der Waals surface area (Å²) in [4.78, 5) is 14.3. The maximum atomic E-state index is 12.1. The van der Waals surface area contributed by atoms with Crippen LogP contribution in [0.5, 0.6) is 0 Å². The third-order valence-corrected chi connectivity index (χ3v) is 4.10. The molecule has 1 aromatic rings. The van der Waals surface area contributed by atoms with E-state index in [1.165, 1.54) is 0 Å². The number of para-hydroxylation sites is 1. The number of nitrogens with one attached hydrogen (secondary N) is 1. The van der Waals surface area contributed by atoms with E-state index in [-0.39, 0.29) is 18.6 Å². The minimum atomic E-state index is -0.00170. The molecule has 1 heterocycles. The number of amides is 1. The Hall–Kier alpha value is -1.43. The number of nitrogens with two attached hydrogens (primary N) is 1. The Bertz CT molecular complexity index is 465. The number of likely N-dealkylation sites (tertiary alicyclic amines) is 1. The molecule has 5 heteroatoms. The molecule has 0 saturated carbocycles. The maximum absolute atomic E-state index is 12.1. The van der Waals surface area contributed by atoms with Gasteiger partial charge in [-0.15, -0.1) is 0 Å². The molecule has 4 N–H and O–H groups in total. The summed E-state index contributed by atoms with van der Waals surface area (Å²) in [5.41, 5.74) is 7.40. The number of benzene rings is 1. The van der Waals surface area contributed by atoms with Gasteiger partial charge in [0.05, 0.1) is 6.61 Å². The molecule has 1 unspecified atom stereocenters. The lowest BCUT2D eigenvalue weighted by molar-refractivity contribution is -0.116. The summed E-state index contributed by atoms with van der Waals surface area (Å²) in [6.07, 6.45) is 3.77. The summed E-state index contributed by atoms with van der Waals surface area (Å²) >= 11 is 0. The van der Waals surface area contributed by atoms with Crippen molar-refractivity contribution in [2.75, 3.05) is 25.0 Å². The lowest BCUT2D eigenvalue weighted by Gasteiger charge is -2.34. The van der Waals surface area contributed by atoms with Gasteiger partial charge in [-0.3, -0.25) is 9.69 Å². The van der Waals surface area contributed by atoms with Crippen LogP contribution in [0.3, 0.4) is 0 Å². The minimum absolute atomic E-state index is 0.00170. The molecular weight excluding hydrogens is 266 g/mol. The van der Waals surface area contributed by atoms with Gasteiger partial charge >= 0.3 is 0 Å². The van der Waals surface area contributed by atoms with Gasteiger partial charge in [0, 0.05) is 31.2 Å². The molecule has 0 aromatic heterocycles. The van der Waals surface area contributed by atoms with Crippen LogP contribution in [0.4, 0.5) is 5.69 Å². The van der Waals surface area contributed by atoms with Crippen LogP contribution in [0, 0.1) is 0 Å².